The predicted molar refractivity (Wildman–Crippen MR) is 57.7 cm³/mol. The molecule has 2 aromatic heterocycles. The van der Waals surface area contributed by atoms with Crippen LogP contribution in [0.4, 0.5) is 5.82 Å². The fraction of sp³-hybridized carbons (Fsp3) is 0.100. The van der Waals surface area contributed by atoms with Gasteiger partial charge < -0.3 is 10.3 Å². The molecule has 6 heteroatoms. The molecule has 0 aliphatic rings. The first kappa shape index (κ1) is 9.98. The van der Waals surface area contributed by atoms with E-state index in [0.29, 0.717) is 12.4 Å². The van der Waals surface area contributed by atoms with Crippen LogP contribution in [0, 0.1) is 11.3 Å². The molecule has 0 atom stereocenters. The van der Waals surface area contributed by atoms with Crippen LogP contribution in [0.1, 0.15) is 11.3 Å². The van der Waals surface area contributed by atoms with Gasteiger partial charge in [0.25, 0.3) is 0 Å². The van der Waals surface area contributed by atoms with E-state index in [1.165, 1.54) is 6.07 Å². The van der Waals surface area contributed by atoms with Crippen LogP contribution in [0.2, 0.25) is 0 Å². The van der Waals surface area contributed by atoms with Crippen molar-refractivity contribution in [2.75, 3.05) is 5.32 Å². The number of anilines is 1. The van der Waals surface area contributed by atoms with Crippen molar-refractivity contribution in [3.8, 4) is 6.07 Å². The molecule has 0 amide bonds. The number of hydrogen-bond donors (Lipinski definition) is 3. The van der Waals surface area contributed by atoms with Gasteiger partial charge in [-0.3, -0.25) is 4.98 Å². The van der Waals surface area contributed by atoms with Crippen LogP contribution in [0.3, 0.4) is 0 Å². The molecule has 16 heavy (non-hydrogen) atoms. The van der Waals surface area contributed by atoms with Crippen molar-refractivity contribution < 1.29 is 0 Å². The van der Waals surface area contributed by atoms with E-state index in [1.807, 2.05) is 24.5 Å². The van der Waals surface area contributed by atoms with Crippen molar-refractivity contribution >= 4 is 5.82 Å². The number of nitriles is 1. The molecule has 0 spiro atoms. The summed E-state index contributed by atoms with van der Waals surface area (Å²) in [6.07, 6.45) is 3.65. The molecule has 0 fully saturated rings. The Labute approximate surface area is 91.0 Å². The van der Waals surface area contributed by atoms with E-state index in [2.05, 4.69) is 20.3 Å². The fourth-order valence-corrected chi connectivity index (χ4v) is 1.27. The third-order valence-corrected chi connectivity index (χ3v) is 2.00. The molecule has 2 aromatic rings. The summed E-state index contributed by atoms with van der Waals surface area (Å²) < 4.78 is 0. The van der Waals surface area contributed by atoms with Gasteiger partial charge in [0.1, 0.15) is 17.6 Å². The minimum Gasteiger partial charge on any atom is -0.367 e. The summed E-state index contributed by atoms with van der Waals surface area (Å²) in [5.74, 6) is 0.390. The monoisotopic (exact) mass is 215 g/mol. The van der Waals surface area contributed by atoms with Crippen molar-refractivity contribution in [3.05, 3.63) is 46.3 Å². The lowest BCUT2D eigenvalue weighted by Crippen LogP contribution is -2.14. The molecule has 0 aliphatic heterocycles. The summed E-state index contributed by atoms with van der Waals surface area (Å²) in [4.78, 5) is 20.0. The second kappa shape index (κ2) is 4.31. The number of aromatic amines is 2. The van der Waals surface area contributed by atoms with Gasteiger partial charge in [-0.1, -0.05) is 0 Å². The van der Waals surface area contributed by atoms with E-state index in [9.17, 15) is 4.79 Å². The SMILES string of the molecule is N#Cc1cc(NCc2cc[nH]c2)nc(=O)[nH]1. The molecule has 0 saturated heterocycles. The number of nitrogens with zero attached hydrogens (tertiary/aromatic N) is 2. The van der Waals surface area contributed by atoms with Gasteiger partial charge in [-0.25, -0.2) is 4.79 Å². The summed E-state index contributed by atoms with van der Waals surface area (Å²) >= 11 is 0. The Morgan fingerprint density at radius 2 is 2.44 bits per heavy atom. The highest BCUT2D eigenvalue weighted by Crippen LogP contribution is 2.04. The maximum Gasteiger partial charge on any atom is 0.347 e. The van der Waals surface area contributed by atoms with Crippen LogP contribution in [0.25, 0.3) is 0 Å². The Hall–Kier alpha value is -2.55. The van der Waals surface area contributed by atoms with Crippen molar-refractivity contribution in [3.63, 3.8) is 0 Å². The molecule has 0 radical (unpaired) electrons. The maximum atomic E-state index is 11.1. The van der Waals surface area contributed by atoms with E-state index in [-0.39, 0.29) is 5.69 Å². The molecule has 3 N–H and O–H groups in total. The lowest BCUT2D eigenvalue weighted by Gasteiger charge is -2.02. The van der Waals surface area contributed by atoms with Gasteiger partial charge in [0, 0.05) is 25.0 Å². The van der Waals surface area contributed by atoms with E-state index in [1.54, 1.807) is 0 Å². The molecule has 0 aromatic carbocycles. The van der Waals surface area contributed by atoms with Crippen molar-refractivity contribution in [1.82, 2.24) is 15.0 Å². The lowest BCUT2D eigenvalue weighted by molar-refractivity contribution is 1.02. The van der Waals surface area contributed by atoms with E-state index in [0.717, 1.165) is 5.56 Å². The quantitative estimate of drug-likeness (QED) is 0.697. The molecule has 0 unspecified atom stereocenters. The first-order valence-electron chi connectivity index (χ1n) is 4.65. The van der Waals surface area contributed by atoms with Crippen molar-refractivity contribution in [1.29, 1.82) is 5.26 Å². The van der Waals surface area contributed by atoms with Crippen LogP contribution >= 0.6 is 0 Å². The van der Waals surface area contributed by atoms with E-state index in [4.69, 9.17) is 5.26 Å². The van der Waals surface area contributed by atoms with Gasteiger partial charge in [-0.05, 0) is 11.6 Å². The summed E-state index contributed by atoms with van der Waals surface area (Å²) in [7, 11) is 0. The van der Waals surface area contributed by atoms with Crippen molar-refractivity contribution in [2.24, 2.45) is 0 Å². The number of aromatic nitrogens is 3. The summed E-state index contributed by atoms with van der Waals surface area (Å²) in [6, 6.07) is 5.26. The molecular formula is C10H9N5O. The zero-order chi connectivity index (χ0) is 11.4. The van der Waals surface area contributed by atoms with Crippen molar-refractivity contribution in [2.45, 2.75) is 6.54 Å². The topological polar surface area (TPSA) is 97.4 Å². The van der Waals surface area contributed by atoms with Crippen LogP contribution < -0.4 is 11.0 Å². The van der Waals surface area contributed by atoms with Gasteiger partial charge >= 0.3 is 5.69 Å². The third kappa shape index (κ3) is 2.27. The fourth-order valence-electron chi connectivity index (χ4n) is 1.27. The Morgan fingerprint density at radius 3 is 3.12 bits per heavy atom. The van der Waals surface area contributed by atoms with E-state index >= 15 is 0 Å². The minimum atomic E-state index is -0.532. The molecule has 2 heterocycles. The number of hydrogen-bond acceptors (Lipinski definition) is 4. The Balaban J connectivity index is 2.13. The predicted octanol–water partition coefficient (Wildman–Crippen LogP) is 0.582. The molecule has 0 saturated carbocycles. The van der Waals surface area contributed by atoms with Crippen LogP contribution in [-0.4, -0.2) is 15.0 Å². The largest absolute Gasteiger partial charge is 0.367 e. The van der Waals surface area contributed by atoms with E-state index < -0.39 is 5.69 Å². The minimum absolute atomic E-state index is 0.191. The Bertz CT molecular complexity index is 564. The van der Waals surface area contributed by atoms with Gasteiger partial charge in [0.2, 0.25) is 0 Å². The Kier molecular flexibility index (Phi) is 2.69. The second-order valence-corrected chi connectivity index (χ2v) is 3.17. The van der Waals surface area contributed by atoms with Gasteiger partial charge in [0.05, 0.1) is 0 Å². The molecule has 6 nitrogen and oxygen atoms in total. The standard InChI is InChI=1S/C10H9N5O/c11-4-8-3-9(15-10(16)14-8)13-6-7-1-2-12-5-7/h1-3,5,12H,6H2,(H2,13,14,15,16). The van der Waals surface area contributed by atoms with Gasteiger partial charge in [0.15, 0.2) is 0 Å². The summed E-state index contributed by atoms with van der Waals surface area (Å²) in [5.41, 5.74) is 0.702. The summed E-state index contributed by atoms with van der Waals surface area (Å²) in [5, 5.41) is 11.6. The third-order valence-electron chi connectivity index (χ3n) is 2.00. The van der Waals surface area contributed by atoms with Crippen LogP contribution in [0.5, 0.6) is 0 Å². The molecular weight excluding hydrogens is 206 g/mol. The smallest absolute Gasteiger partial charge is 0.347 e. The lowest BCUT2D eigenvalue weighted by atomic mass is 10.3. The molecule has 0 bridgehead atoms. The maximum absolute atomic E-state index is 11.1. The van der Waals surface area contributed by atoms with Crippen LogP contribution in [0.15, 0.2) is 29.3 Å². The highest BCUT2D eigenvalue weighted by Gasteiger charge is 2.00. The zero-order valence-electron chi connectivity index (χ0n) is 8.32. The first-order chi connectivity index (χ1) is 7.78. The zero-order valence-corrected chi connectivity index (χ0v) is 8.32. The van der Waals surface area contributed by atoms with Crippen LogP contribution in [-0.2, 0) is 6.54 Å². The second-order valence-electron chi connectivity index (χ2n) is 3.17. The number of nitrogens with one attached hydrogen (secondary N) is 3. The summed E-state index contributed by atoms with van der Waals surface area (Å²) in [6.45, 7) is 0.546. The average Bonchev–Trinajstić information content (AvgIpc) is 2.78. The highest BCUT2D eigenvalue weighted by atomic mass is 16.1. The number of H-pyrrole nitrogens is 2. The average molecular weight is 215 g/mol. The Morgan fingerprint density at radius 1 is 1.56 bits per heavy atom. The van der Waals surface area contributed by atoms with Gasteiger partial charge in [-0.15, -0.1) is 0 Å². The normalized spacial score (nSPS) is 9.69. The first-order valence-corrected chi connectivity index (χ1v) is 4.65. The molecule has 0 aliphatic carbocycles. The molecule has 80 valence electrons. The van der Waals surface area contributed by atoms with Gasteiger partial charge in [-0.2, -0.15) is 10.2 Å². The number of rotatable bonds is 3. The molecule has 2 rings (SSSR count). The highest BCUT2D eigenvalue weighted by molar-refractivity contribution is 5.39.